The molecule has 7 rings (SSSR count). The molecule has 0 amide bonds. The molecule has 6 nitrogen and oxygen atoms in total. The number of nitrogens with zero attached hydrogens (tertiary/aromatic N) is 3. The van der Waals surface area contributed by atoms with Gasteiger partial charge < -0.3 is 9.30 Å². The van der Waals surface area contributed by atoms with Gasteiger partial charge in [0.2, 0.25) is 0 Å². The van der Waals surface area contributed by atoms with Gasteiger partial charge in [-0.05, 0) is 42.3 Å². The minimum Gasteiger partial charge on any atom is -0.463 e. The SMILES string of the molecule is CCOC(=O)C1=C(c2ccccc2)N=c2s/c(=C\c3cn(Cc4ccccc4)c4ccccc34)c(=O)n2[C@H]1c1ccc(Cl)cc1. The van der Waals surface area contributed by atoms with Crippen molar-refractivity contribution in [2.24, 2.45) is 4.99 Å². The van der Waals surface area contributed by atoms with E-state index in [0.29, 0.717) is 32.2 Å². The van der Waals surface area contributed by atoms with Crippen LogP contribution < -0.4 is 14.9 Å². The van der Waals surface area contributed by atoms with Gasteiger partial charge in [-0.2, -0.15) is 0 Å². The molecule has 3 heterocycles. The summed E-state index contributed by atoms with van der Waals surface area (Å²) in [4.78, 5) is 33.5. The van der Waals surface area contributed by atoms with Gasteiger partial charge in [-0.3, -0.25) is 9.36 Å². The van der Waals surface area contributed by atoms with Gasteiger partial charge in [0.25, 0.3) is 5.56 Å². The number of rotatable bonds is 7. The van der Waals surface area contributed by atoms with Gasteiger partial charge in [0.1, 0.15) is 0 Å². The number of thiazole rings is 1. The number of aromatic nitrogens is 2. The molecular weight excluding hydrogens is 602 g/mol. The Labute approximate surface area is 268 Å². The van der Waals surface area contributed by atoms with E-state index < -0.39 is 12.0 Å². The summed E-state index contributed by atoms with van der Waals surface area (Å²) < 4.78 is 9.90. The molecule has 0 aliphatic carbocycles. The van der Waals surface area contributed by atoms with Gasteiger partial charge in [-0.25, -0.2) is 9.79 Å². The van der Waals surface area contributed by atoms with Gasteiger partial charge in [-0.15, -0.1) is 0 Å². The van der Waals surface area contributed by atoms with Crippen molar-refractivity contribution < 1.29 is 9.53 Å². The molecule has 45 heavy (non-hydrogen) atoms. The molecule has 4 aromatic carbocycles. The van der Waals surface area contributed by atoms with E-state index in [2.05, 4.69) is 35.0 Å². The van der Waals surface area contributed by atoms with Crippen LogP contribution in [0, 0.1) is 0 Å². The van der Waals surface area contributed by atoms with Gasteiger partial charge in [-0.1, -0.05) is 114 Å². The monoisotopic (exact) mass is 629 g/mol. The van der Waals surface area contributed by atoms with Crippen LogP contribution in [0.15, 0.2) is 131 Å². The first-order valence-corrected chi connectivity index (χ1v) is 15.9. The Kier molecular flexibility index (Phi) is 7.79. The second-order valence-electron chi connectivity index (χ2n) is 10.7. The third-order valence-corrected chi connectivity index (χ3v) is 9.10. The average Bonchev–Trinajstić information content (AvgIpc) is 3.57. The minimum atomic E-state index is -0.755. The van der Waals surface area contributed by atoms with Crippen LogP contribution >= 0.6 is 22.9 Å². The van der Waals surface area contributed by atoms with Crippen molar-refractivity contribution in [1.29, 1.82) is 0 Å². The highest BCUT2D eigenvalue weighted by molar-refractivity contribution is 7.07. The van der Waals surface area contributed by atoms with Crippen LogP contribution in [0.3, 0.4) is 0 Å². The molecule has 0 spiro atoms. The van der Waals surface area contributed by atoms with Crippen molar-refractivity contribution in [3.05, 3.63) is 168 Å². The lowest BCUT2D eigenvalue weighted by molar-refractivity contribution is -0.138. The highest BCUT2D eigenvalue weighted by Crippen LogP contribution is 2.35. The number of carbonyl (C=O) groups excluding carboxylic acids is 1. The van der Waals surface area contributed by atoms with Gasteiger partial charge in [0.05, 0.1) is 28.5 Å². The molecule has 6 aromatic rings. The van der Waals surface area contributed by atoms with Crippen LogP contribution in [0.25, 0.3) is 22.7 Å². The number of carbonyl (C=O) groups is 1. The van der Waals surface area contributed by atoms with E-state index in [0.717, 1.165) is 27.6 Å². The maximum atomic E-state index is 14.3. The maximum Gasteiger partial charge on any atom is 0.338 e. The minimum absolute atomic E-state index is 0.190. The Bertz CT molecular complexity index is 2250. The summed E-state index contributed by atoms with van der Waals surface area (Å²) in [5.74, 6) is -0.515. The molecule has 0 saturated carbocycles. The van der Waals surface area contributed by atoms with Crippen LogP contribution in [0.1, 0.15) is 35.2 Å². The lowest BCUT2D eigenvalue weighted by Gasteiger charge is -2.25. The zero-order valence-electron chi connectivity index (χ0n) is 24.4. The summed E-state index contributed by atoms with van der Waals surface area (Å²) in [6.07, 6.45) is 4.02. The predicted octanol–water partition coefficient (Wildman–Crippen LogP) is 6.59. The Morgan fingerprint density at radius 3 is 2.36 bits per heavy atom. The van der Waals surface area contributed by atoms with Gasteiger partial charge in [0.15, 0.2) is 4.80 Å². The molecule has 0 radical (unpaired) electrons. The summed E-state index contributed by atoms with van der Waals surface area (Å²) in [6, 6.07) is 34.5. The van der Waals surface area contributed by atoms with E-state index in [4.69, 9.17) is 21.3 Å². The molecule has 1 aliphatic heterocycles. The number of hydrogen-bond acceptors (Lipinski definition) is 5. The Hall–Kier alpha value is -4.98. The molecule has 2 aromatic heterocycles. The third kappa shape index (κ3) is 5.45. The van der Waals surface area contributed by atoms with Crippen LogP contribution in [-0.4, -0.2) is 21.7 Å². The van der Waals surface area contributed by atoms with Crippen LogP contribution in [0.4, 0.5) is 0 Å². The molecular formula is C37H28ClN3O3S. The standard InChI is InChI=1S/C37H28ClN3O3S/c1-2-44-36(43)32-33(25-13-7-4-8-14-25)39-37-41(34(32)26-17-19-28(38)20-18-26)35(42)31(45-37)21-27-23-40(22-24-11-5-3-6-12-24)30-16-10-9-15-29(27)30/h3-21,23,34H,2,22H2,1H3/b31-21-/t34-/m0/s1. The van der Waals surface area contributed by atoms with E-state index in [-0.39, 0.29) is 12.2 Å². The number of halogens is 1. The number of fused-ring (bicyclic) bond motifs is 2. The topological polar surface area (TPSA) is 65.6 Å². The largest absolute Gasteiger partial charge is 0.463 e. The second-order valence-corrected chi connectivity index (χ2v) is 12.1. The fourth-order valence-electron chi connectivity index (χ4n) is 5.84. The normalized spacial score (nSPS) is 14.8. The van der Waals surface area contributed by atoms with Crippen molar-refractivity contribution in [2.45, 2.75) is 19.5 Å². The molecule has 0 saturated heterocycles. The van der Waals surface area contributed by atoms with Crippen molar-refractivity contribution in [3.63, 3.8) is 0 Å². The molecule has 0 unspecified atom stereocenters. The fourth-order valence-corrected chi connectivity index (χ4v) is 6.96. The lowest BCUT2D eigenvalue weighted by atomic mass is 9.93. The summed E-state index contributed by atoms with van der Waals surface area (Å²) >= 11 is 7.57. The Morgan fingerprint density at radius 1 is 0.933 bits per heavy atom. The van der Waals surface area contributed by atoms with Crippen LogP contribution in [0.5, 0.6) is 0 Å². The first-order valence-electron chi connectivity index (χ1n) is 14.7. The quantitative estimate of drug-likeness (QED) is 0.187. The Balaban J connectivity index is 1.45. The van der Waals surface area contributed by atoms with Crippen molar-refractivity contribution in [3.8, 4) is 0 Å². The number of benzene rings is 4. The highest BCUT2D eigenvalue weighted by Gasteiger charge is 2.35. The third-order valence-electron chi connectivity index (χ3n) is 7.86. The van der Waals surface area contributed by atoms with Gasteiger partial charge in [0, 0.05) is 39.8 Å². The molecule has 1 atom stereocenters. The first kappa shape index (κ1) is 28.8. The van der Waals surface area contributed by atoms with E-state index >= 15 is 0 Å². The van der Waals surface area contributed by atoms with Gasteiger partial charge >= 0.3 is 5.97 Å². The smallest absolute Gasteiger partial charge is 0.338 e. The first-order chi connectivity index (χ1) is 22.0. The summed E-state index contributed by atoms with van der Waals surface area (Å²) in [7, 11) is 0. The highest BCUT2D eigenvalue weighted by atomic mass is 35.5. The fraction of sp³-hybridized carbons (Fsp3) is 0.108. The summed E-state index contributed by atoms with van der Waals surface area (Å²) in [5, 5.41) is 1.61. The van der Waals surface area contributed by atoms with Crippen molar-refractivity contribution in [1.82, 2.24) is 9.13 Å². The van der Waals surface area contributed by atoms with Crippen molar-refractivity contribution >= 4 is 51.6 Å². The number of para-hydroxylation sites is 1. The molecule has 0 N–H and O–H groups in total. The van der Waals surface area contributed by atoms with E-state index in [9.17, 15) is 9.59 Å². The maximum absolute atomic E-state index is 14.3. The molecule has 1 aliphatic rings. The zero-order chi connectivity index (χ0) is 30.9. The lowest BCUT2D eigenvalue weighted by Crippen LogP contribution is -2.40. The van der Waals surface area contributed by atoms with Crippen LogP contribution in [0.2, 0.25) is 5.02 Å². The predicted molar refractivity (Wildman–Crippen MR) is 180 cm³/mol. The second kappa shape index (κ2) is 12.2. The number of esters is 1. The van der Waals surface area contributed by atoms with Crippen molar-refractivity contribution in [2.75, 3.05) is 6.61 Å². The average molecular weight is 630 g/mol. The van der Waals surface area contributed by atoms with E-state index in [1.165, 1.54) is 16.9 Å². The van der Waals surface area contributed by atoms with E-state index in [1.807, 2.05) is 78.9 Å². The Morgan fingerprint density at radius 2 is 1.62 bits per heavy atom. The molecule has 222 valence electrons. The number of ether oxygens (including phenoxy) is 1. The van der Waals surface area contributed by atoms with Crippen LogP contribution in [-0.2, 0) is 16.1 Å². The summed E-state index contributed by atoms with van der Waals surface area (Å²) in [6.45, 7) is 2.66. The zero-order valence-corrected chi connectivity index (χ0v) is 26.0. The number of hydrogen-bond donors (Lipinski definition) is 0. The molecule has 8 heteroatoms. The van der Waals surface area contributed by atoms with E-state index in [1.54, 1.807) is 23.6 Å². The molecule has 0 fully saturated rings. The molecule has 0 bridgehead atoms. The summed E-state index contributed by atoms with van der Waals surface area (Å²) in [5.41, 5.74) is 5.27.